The molecule has 2 rings (SSSR count). The zero-order chi connectivity index (χ0) is 13.3. The summed E-state index contributed by atoms with van der Waals surface area (Å²) >= 11 is 0. The summed E-state index contributed by atoms with van der Waals surface area (Å²) in [5, 5.41) is 4.06. The normalized spacial score (nSPS) is 10.9. The molecule has 0 unspecified atom stereocenters. The van der Waals surface area contributed by atoms with Gasteiger partial charge in [-0.05, 0) is 12.1 Å². The topological polar surface area (TPSA) is 53.1 Å². The second kappa shape index (κ2) is 4.73. The Balaban J connectivity index is 2.55. The van der Waals surface area contributed by atoms with Crippen molar-refractivity contribution in [1.29, 1.82) is 0 Å². The molecule has 0 spiro atoms. The van der Waals surface area contributed by atoms with E-state index in [0.29, 0.717) is 11.5 Å². The molecule has 0 radical (unpaired) electrons. The predicted molar refractivity (Wildman–Crippen MR) is 63.7 cm³/mol. The molecule has 1 aromatic heterocycles. The predicted octanol–water partition coefficient (Wildman–Crippen LogP) is 2.09. The summed E-state index contributed by atoms with van der Waals surface area (Å²) in [7, 11) is 3.03. The molecule has 1 heterocycles. The highest BCUT2D eigenvalue weighted by molar-refractivity contribution is 5.64. The fourth-order valence-electron chi connectivity index (χ4n) is 1.69. The number of nitrogens with zero attached hydrogens (tertiary/aromatic N) is 2. The Kier molecular flexibility index (Phi) is 3.29. The number of hydrogen-bond donors (Lipinski definition) is 1. The van der Waals surface area contributed by atoms with Gasteiger partial charge < -0.3 is 10.5 Å². The van der Waals surface area contributed by atoms with Crippen molar-refractivity contribution in [2.75, 3.05) is 12.8 Å². The summed E-state index contributed by atoms with van der Waals surface area (Å²) in [6.45, 7) is -0.131. The number of benzene rings is 1. The first-order valence-corrected chi connectivity index (χ1v) is 5.30. The zero-order valence-electron chi connectivity index (χ0n) is 10.1. The molecule has 4 nitrogen and oxygen atoms in total. The number of nitrogen functional groups attached to an aromatic ring is 1. The third-order valence-corrected chi connectivity index (χ3v) is 2.67. The Morgan fingerprint density at radius 1 is 1.39 bits per heavy atom. The van der Waals surface area contributed by atoms with Crippen LogP contribution in [0.2, 0.25) is 0 Å². The van der Waals surface area contributed by atoms with Gasteiger partial charge in [-0.25, -0.2) is 8.78 Å². The number of aryl methyl sites for hydroxylation is 1. The van der Waals surface area contributed by atoms with Crippen LogP contribution in [0.5, 0.6) is 0 Å². The van der Waals surface area contributed by atoms with Crippen molar-refractivity contribution in [2.45, 2.75) is 6.61 Å². The van der Waals surface area contributed by atoms with Crippen LogP contribution in [0.4, 0.5) is 14.6 Å². The quantitative estimate of drug-likeness (QED) is 0.911. The first kappa shape index (κ1) is 12.5. The summed E-state index contributed by atoms with van der Waals surface area (Å²) in [5.74, 6) is -0.904. The second-order valence-corrected chi connectivity index (χ2v) is 3.90. The van der Waals surface area contributed by atoms with Gasteiger partial charge in [0.15, 0.2) is 0 Å². The van der Waals surface area contributed by atoms with Crippen LogP contribution < -0.4 is 5.73 Å². The molecule has 0 saturated carbocycles. The van der Waals surface area contributed by atoms with Gasteiger partial charge in [0.25, 0.3) is 0 Å². The lowest BCUT2D eigenvalue weighted by Gasteiger charge is -2.07. The molecule has 18 heavy (non-hydrogen) atoms. The number of anilines is 1. The fourth-order valence-corrected chi connectivity index (χ4v) is 1.69. The molecule has 0 fully saturated rings. The number of halogens is 2. The van der Waals surface area contributed by atoms with Crippen LogP contribution in [0.25, 0.3) is 11.3 Å². The third kappa shape index (κ3) is 2.06. The van der Waals surface area contributed by atoms with Gasteiger partial charge in [0.1, 0.15) is 17.5 Å². The average molecular weight is 253 g/mol. The van der Waals surface area contributed by atoms with Gasteiger partial charge >= 0.3 is 0 Å². The Hall–Kier alpha value is -1.95. The zero-order valence-corrected chi connectivity index (χ0v) is 10.1. The fraction of sp³-hybridized carbons (Fsp3) is 0.250. The van der Waals surface area contributed by atoms with Crippen molar-refractivity contribution in [3.05, 3.63) is 35.4 Å². The summed E-state index contributed by atoms with van der Waals surface area (Å²) in [4.78, 5) is 0. The highest BCUT2D eigenvalue weighted by Crippen LogP contribution is 2.27. The molecule has 6 heteroatoms. The second-order valence-electron chi connectivity index (χ2n) is 3.90. The summed E-state index contributed by atoms with van der Waals surface area (Å²) in [5.41, 5.74) is 6.09. The number of rotatable bonds is 3. The van der Waals surface area contributed by atoms with Gasteiger partial charge in [-0.15, -0.1) is 0 Å². The summed E-state index contributed by atoms with van der Waals surface area (Å²) in [6.07, 6.45) is 0. The van der Waals surface area contributed by atoms with Crippen molar-refractivity contribution in [3.63, 3.8) is 0 Å². The molecule has 96 valence electrons. The van der Waals surface area contributed by atoms with Crippen LogP contribution in [0, 0.1) is 11.6 Å². The molecule has 0 amide bonds. The Labute approximate surface area is 103 Å². The maximum Gasteiger partial charge on any atom is 0.141 e. The van der Waals surface area contributed by atoms with E-state index in [1.54, 1.807) is 7.05 Å². The average Bonchev–Trinajstić information content (AvgIpc) is 2.65. The van der Waals surface area contributed by atoms with Crippen LogP contribution in [0.15, 0.2) is 18.2 Å². The van der Waals surface area contributed by atoms with E-state index in [-0.39, 0.29) is 17.7 Å². The molecule has 0 atom stereocenters. The van der Waals surface area contributed by atoms with Gasteiger partial charge in [0.2, 0.25) is 0 Å². The molecule has 2 N–H and O–H groups in total. The smallest absolute Gasteiger partial charge is 0.141 e. The van der Waals surface area contributed by atoms with Crippen LogP contribution in [0.1, 0.15) is 5.56 Å². The third-order valence-electron chi connectivity index (χ3n) is 2.67. The van der Waals surface area contributed by atoms with Gasteiger partial charge in [-0.1, -0.05) is 0 Å². The van der Waals surface area contributed by atoms with Crippen LogP contribution >= 0.6 is 0 Å². The van der Waals surface area contributed by atoms with Crippen LogP contribution in [-0.4, -0.2) is 16.9 Å². The lowest BCUT2D eigenvalue weighted by Crippen LogP contribution is -2.00. The van der Waals surface area contributed by atoms with E-state index >= 15 is 0 Å². The highest BCUT2D eigenvalue weighted by Gasteiger charge is 2.17. The lowest BCUT2D eigenvalue weighted by atomic mass is 10.1. The minimum Gasteiger partial charge on any atom is -0.384 e. The lowest BCUT2D eigenvalue weighted by molar-refractivity contribution is 0.177. The number of ether oxygens (including phenoxy) is 1. The minimum atomic E-state index is -0.671. The number of methoxy groups -OCH3 is 1. The van der Waals surface area contributed by atoms with Crippen LogP contribution in [0.3, 0.4) is 0 Å². The molecule has 0 saturated heterocycles. The minimum absolute atomic E-state index is 0.112. The van der Waals surface area contributed by atoms with Gasteiger partial charge in [-0.2, -0.15) is 5.10 Å². The van der Waals surface area contributed by atoms with E-state index in [9.17, 15) is 8.78 Å². The molecule has 0 aliphatic carbocycles. The van der Waals surface area contributed by atoms with Gasteiger partial charge in [-0.3, -0.25) is 4.68 Å². The first-order valence-electron chi connectivity index (χ1n) is 5.30. The standard InChI is InChI=1S/C12H13F2N3O/c1-17-11(15)5-10(16-17)7-3-4-9(13)8(6-18-2)12(7)14/h3-5H,6,15H2,1-2H3. The molecule has 0 bridgehead atoms. The Morgan fingerprint density at radius 3 is 2.67 bits per heavy atom. The molecule has 0 aliphatic rings. The van der Waals surface area contributed by atoms with Crippen molar-refractivity contribution in [3.8, 4) is 11.3 Å². The molecule has 1 aromatic carbocycles. The number of nitrogens with two attached hydrogens (primary N) is 1. The maximum atomic E-state index is 14.1. The van der Waals surface area contributed by atoms with E-state index < -0.39 is 11.6 Å². The SMILES string of the molecule is COCc1c(F)ccc(-c2cc(N)n(C)n2)c1F. The van der Waals surface area contributed by atoms with Crippen molar-refractivity contribution in [2.24, 2.45) is 7.05 Å². The molecular weight excluding hydrogens is 240 g/mol. The van der Waals surface area contributed by atoms with Crippen LogP contribution in [-0.2, 0) is 18.4 Å². The largest absolute Gasteiger partial charge is 0.384 e. The summed E-state index contributed by atoms with van der Waals surface area (Å²) in [6, 6.07) is 4.07. The maximum absolute atomic E-state index is 14.1. The number of aromatic nitrogens is 2. The molecule has 2 aromatic rings. The van der Waals surface area contributed by atoms with E-state index in [2.05, 4.69) is 5.10 Å². The highest BCUT2D eigenvalue weighted by atomic mass is 19.1. The number of hydrogen-bond acceptors (Lipinski definition) is 3. The monoisotopic (exact) mass is 253 g/mol. The van der Waals surface area contributed by atoms with Crippen molar-refractivity contribution < 1.29 is 13.5 Å². The van der Waals surface area contributed by atoms with E-state index in [1.807, 2.05) is 0 Å². The van der Waals surface area contributed by atoms with E-state index in [1.165, 1.54) is 30.0 Å². The Morgan fingerprint density at radius 2 is 2.11 bits per heavy atom. The first-order chi connectivity index (χ1) is 8.54. The molecular formula is C12H13F2N3O. The van der Waals surface area contributed by atoms with Crippen molar-refractivity contribution >= 4 is 5.82 Å². The van der Waals surface area contributed by atoms with E-state index in [4.69, 9.17) is 10.5 Å². The Bertz CT molecular complexity index is 561. The van der Waals surface area contributed by atoms with E-state index in [0.717, 1.165) is 0 Å². The summed E-state index contributed by atoms with van der Waals surface area (Å²) < 4.78 is 33.8. The van der Waals surface area contributed by atoms with Gasteiger partial charge in [0.05, 0.1) is 12.3 Å². The van der Waals surface area contributed by atoms with Gasteiger partial charge in [0, 0.05) is 31.4 Å². The molecule has 0 aliphatic heterocycles. The van der Waals surface area contributed by atoms with Crippen molar-refractivity contribution in [1.82, 2.24) is 9.78 Å².